The standard InChI is InChI=1S/C11H14ClN3O/c1-2-15-10-4-3-7(12)5-9(10)14-11(15)8(13)6-16/h3-5,8,16H,2,6,13H2,1H3. The lowest BCUT2D eigenvalue weighted by atomic mass is 10.3. The van der Waals surface area contributed by atoms with Gasteiger partial charge in [0, 0.05) is 11.6 Å². The molecule has 1 aromatic heterocycles. The number of rotatable bonds is 3. The highest BCUT2D eigenvalue weighted by atomic mass is 35.5. The molecule has 0 aliphatic heterocycles. The summed E-state index contributed by atoms with van der Waals surface area (Å²) in [6, 6.07) is 5.09. The van der Waals surface area contributed by atoms with Gasteiger partial charge in [-0.2, -0.15) is 0 Å². The molecule has 1 atom stereocenters. The molecule has 0 aliphatic rings. The van der Waals surface area contributed by atoms with Gasteiger partial charge in [0.05, 0.1) is 23.7 Å². The van der Waals surface area contributed by atoms with Crippen molar-refractivity contribution in [2.75, 3.05) is 6.61 Å². The number of nitrogens with zero attached hydrogens (tertiary/aromatic N) is 2. The van der Waals surface area contributed by atoms with E-state index in [1.54, 1.807) is 6.07 Å². The van der Waals surface area contributed by atoms with Gasteiger partial charge in [0.15, 0.2) is 0 Å². The Morgan fingerprint density at radius 3 is 2.94 bits per heavy atom. The number of hydrogen-bond donors (Lipinski definition) is 2. The van der Waals surface area contributed by atoms with Crippen LogP contribution < -0.4 is 5.73 Å². The highest BCUT2D eigenvalue weighted by molar-refractivity contribution is 6.31. The van der Waals surface area contributed by atoms with Crippen molar-refractivity contribution in [3.8, 4) is 0 Å². The fourth-order valence-corrected chi connectivity index (χ4v) is 1.98. The maximum absolute atomic E-state index is 9.08. The topological polar surface area (TPSA) is 64.1 Å². The molecule has 0 spiro atoms. The van der Waals surface area contributed by atoms with Gasteiger partial charge >= 0.3 is 0 Å². The summed E-state index contributed by atoms with van der Waals surface area (Å²) in [5.41, 5.74) is 7.61. The average molecular weight is 240 g/mol. The Morgan fingerprint density at radius 1 is 1.56 bits per heavy atom. The SMILES string of the molecule is CCn1c(C(N)CO)nc2cc(Cl)ccc21. The number of fused-ring (bicyclic) bond motifs is 1. The van der Waals surface area contributed by atoms with Gasteiger partial charge in [-0.25, -0.2) is 4.98 Å². The van der Waals surface area contributed by atoms with Crippen LogP contribution in [0, 0.1) is 0 Å². The van der Waals surface area contributed by atoms with E-state index in [1.165, 1.54) is 0 Å². The van der Waals surface area contributed by atoms with Crippen LogP contribution in [0.5, 0.6) is 0 Å². The lowest BCUT2D eigenvalue weighted by Gasteiger charge is -2.10. The molecule has 16 heavy (non-hydrogen) atoms. The maximum Gasteiger partial charge on any atom is 0.129 e. The first-order valence-electron chi connectivity index (χ1n) is 5.19. The van der Waals surface area contributed by atoms with E-state index in [0.29, 0.717) is 10.8 Å². The smallest absolute Gasteiger partial charge is 0.129 e. The Kier molecular flexibility index (Phi) is 3.14. The van der Waals surface area contributed by atoms with Crippen LogP contribution in [0.3, 0.4) is 0 Å². The van der Waals surface area contributed by atoms with E-state index in [9.17, 15) is 0 Å². The number of benzene rings is 1. The van der Waals surface area contributed by atoms with Gasteiger partial charge in [-0.15, -0.1) is 0 Å². The third-order valence-corrected chi connectivity index (χ3v) is 2.82. The van der Waals surface area contributed by atoms with Crippen LogP contribution in [0.1, 0.15) is 18.8 Å². The van der Waals surface area contributed by atoms with E-state index in [0.717, 1.165) is 17.6 Å². The lowest BCUT2D eigenvalue weighted by Crippen LogP contribution is -2.19. The second-order valence-corrected chi connectivity index (χ2v) is 4.07. The zero-order valence-electron chi connectivity index (χ0n) is 9.02. The fourth-order valence-electron chi connectivity index (χ4n) is 1.82. The van der Waals surface area contributed by atoms with E-state index in [4.69, 9.17) is 22.4 Å². The minimum atomic E-state index is -0.453. The first-order chi connectivity index (χ1) is 7.67. The fraction of sp³-hybridized carbons (Fsp3) is 0.364. The molecule has 2 rings (SSSR count). The van der Waals surface area contributed by atoms with Crippen molar-refractivity contribution < 1.29 is 5.11 Å². The molecule has 0 fully saturated rings. The number of aliphatic hydroxyl groups excluding tert-OH is 1. The molecular weight excluding hydrogens is 226 g/mol. The van der Waals surface area contributed by atoms with E-state index in [2.05, 4.69) is 4.98 Å². The molecule has 1 aromatic carbocycles. The molecule has 2 aromatic rings. The van der Waals surface area contributed by atoms with Crippen LogP contribution in [-0.2, 0) is 6.54 Å². The van der Waals surface area contributed by atoms with Gasteiger partial charge in [0.1, 0.15) is 5.82 Å². The van der Waals surface area contributed by atoms with Gasteiger partial charge in [-0.3, -0.25) is 0 Å². The summed E-state index contributed by atoms with van der Waals surface area (Å²) in [6.07, 6.45) is 0. The lowest BCUT2D eigenvalue weighted by molar-refractivity contribution is 0.261. The number of aryl methyl sites for hydroxylation is 1. The Labute approximate surface area is 98.6 Å². The average Bonchev–Trinajstić information content (AvgIpc) is 2.65. The van der Waals surface area contributed by atoms with Crippen LogP contribution in [0.2, 0.25) is 5.02 Å². The molecule has 4 nitrogen and oxygen atoms in total. The maximum atomic E-state index is 9.08. The van der Waals surface area contributed by atoms with Gasteiger partial charge < -0.3 is 15.4 Å². The monoisotopic (exact) mass is 239 g/mol. The zero-order chi connectivity index (χ0) is 11.7. The van der Waals surface area contributed by atoms with Crippen molar-refractivity contribution >= 4 is 22.6 Å². The van der Waals surface area contributed by atoms with Gasteiger partial charge in [0.25, 0.3) is 0 Å². The zero-order valence-corrected chi connectivity index (χ0v) is 9.78. The van der Waals surface area contributed by atoms with Crippen molar-refractivity contribution in [2.45, 2.75) is 19.5 Å². The van der Waals surface area contributed by atoms with Gasteiger partial charge in [0.2, 0.25) is 0 Å². The molecule has 3 N–H and O–H groups in total. The summed E-state index contributed by atoms with van der Waals surface area (Å²) in [5, 5.41) is 9.73. The molecule has 86 valence electrons. The largest absolute Gasteiger partial charge is 0.394 e. The number of aliphatic hydroxyl groups is 1. The molecule has 0 bridgehead atoms. The highest BCUT2D eigenvalue weighted by Crippen LogP contribution is 2.22. The molecule has 1 unspecified atom stereocenters. The predicted octanol–water partition coefficient (Wildman–Crippen LogP) is 1.70. The van der Waals surface area contributed by atoms with Crippen LogP contribution >= 0.6 is 11.6 Å². The van der Waals surface area contributed by atoms with Gasteiger partial charge in [-0.05, 0) is 25.1 Å². The van der Waals surface area contributed by atoms with Crippen molar-refractivity contribution in [1.29, 1.82) is 0 Å². The Morgan fingerprint density at radius 2 is 2.31 bits per heavy atom. The summed E-state index contributed by atoms with van der Waals surface area (Å²) in [6.45, 7) is 2.67. The second-order valence-electron chi connectivity index (χ2n) is 3.64. The summed E-state index contributed by atoms with van der Waals surface area (Å²) in [4.78, 5) is 4.41. The van der Waals surface area contributed by atoms with Crippen molar-refractivity contribution in [1.82, 2.24) is 9.55 Å². The molecule has 0 saturated heterocycles. The molecular formula is C11H14ClN3O. The summed E-state index contributed by atoms with van der Waals surface area (Å²) >= 11 is 5.91. The summed E-state index contributed by atoms with van der Waals surface area (Å²) < 4.78 is 1.99. The minimum Gasteiger partial charge on any atom is -0.394 e. The summed E-state index contributed by atoms with van der Waals surface area (Å²) in [7, 11) is 0. The third kappa shape index (κ3) is 1.80. The minimum absolute atomic E-state index is 0.114. The summed E-state index contributed by atoms with van der Waals surface area (Å²) in [5.74, 6) is 0.697. The van der Waals surface area contributed by atoms with Crippen molar-refractivity contribution in [2.24, 2.45) is 5.73 Å². The molecule has 5 heteroatoms. The molecule has 1 heterocycles. The Hall–Kier alpha value is -1.10. The van der Waals surface area contributed by atoms with E-state index < -0.39 is 6.04 Å². The molecule has 0 amide bonds. The Bertz CT molecular complexity index is 509. The predicted molar refractivity (Wildman–Crippen MR) is 64.4 cm³/mol. The highest BCUT2D eigenvalue weighted by Gasteiger charge is 2.15. The first kappa shape index (κ1) is 11.4. The third-order valence-electron chi connectivity index (χ3n) is 2.58. The molecule has 0 radical (unpaired) electrons. The number of aromatic nitrogens is 2. The van der Waals surface area contributed by atoms with Crippen LogP contribution in [0.15, 0.2) is 18.2 Å². The van der Waals surface area contributed by atoms with E-state index in [1.807, 2.05) is 23.6 Å². The van der Waals surface area contributed by atoms with Crippen LogP contribution in [0.4, 0.5) is 0 Å². The van der Waals surface area contributed by atoms with Crippen LogP contribution in [-0.4, -0.2) is 21.3 Å². The van der Waals surface area contributed by atoms with E-state index in [-0.39, 0.29) is 6.61 Å². The first-order valence-corrected chi connectivity index (χ1v) is 5.57. The molecule has 0 saturated carbocycles. The normalized spacial score (nSPS) is 13.2. The van der Waals surface area contributed by atoms with E-state index >= 15 is 0 Å². The Balaban J connectivity index is 2.65. The number of imidazole rings is 1. The van der Waals surface area contributed by atoms with Crippen molar-refractivity contribution in [3.05, 3.63) is 29.0 Å². The number of nitrogens with two attached hydrogens (primary N) is 1. The second kappa shape index (κ2) is 4.41. The number of halogens is 1. The molecule has 0 aliphatic carbocycles. The number of hydrogen-bond acceptors (Lipinski definition) is 3. The van der Waals surface area contributed by atoms with Crippen molar-refractivity contribution in [3.63, 3.8) is 0 Å². The van der Waals surface area contributed by atoms with Gasteiger partial charge in [-0.1, -0.05) is 11.6 Å². The quantitative estimate of drug-likeness (QED) is 0.857. The van der Waals surface area contributed by atoms with Crippen LogP contribution in [0.25, 0.3) is 11.0 Å².